The minimum absolute atomic E-state index is 0.222. The molecule has 0 aliphatic rings. The van der Waals surface area contributed by atoms with E-state index >= 15 is 0 Å². The van der Waals surface area contributed by atoms with Gasteiger partial charge in [-0.1, -0.05) is 13.8 Å². The van der Waals surface area contributed by atoms with Crippen molar-refractivity contribution >= 4 is 7.60 Å². The van der Waals surface area contributed by atoms with Crippen LogP contribution in [0.2, 0.25) is 0 Å². The Morgan fingerprint density at radius 1 is 1.20 bits per heavy atom. The highest BCUT2D eigenvalue weighted by Gasteiger charge is 2.24. The highest BCUT2D eigenvalue weighted by molar-refractivity contribution is 7.53. The molecule has 15 heavy (non-hydrogen) atoms. The largest absolute Gasteiger partial charge is 0.332 e. The third kappa shape index (κ3) is 7.94. The minimum atomic E-state index is -3.01. The third-order valence-corrected chi connectivity index (χ3v) is 3.58. The zero-order chi connectivity index (χ0) is 11.7. The molecule has 0 aromatic rings. The molecular formula is C9H22NO4P. The van der Waals surface area contributed by atoms with E-state index in [0.29, 0.717) is 13.2 Å². The van der Waals surface area contributed by atoms with Crippen LogP contribution in [0.4, 0.5) is 0 Å². The Morgan fingerprint density at radius 2 is 1.67 bits per heavy atom. The first kappa shape index (κ1) is 15.1. The lowest BCUT2D eigenvalue weighted by Gasteiger charge is -2.19. The van der Waals surface area contributed by atoms with Gasteiger partial charge < -0.3 is 14.3 Å². The van der Waals surface area contributed by atoms with Crippen LogP contribution in [0.25, 0.3) is 0 Å². The lowest BCUT2D eigenvalue weighted by molar-refractivity contribution is -0.0599. The molecule has 0 spiro atoms. The molecule has 0 rings (SSSR count). The van der Waals surface area contributed by atoms with Crippen LogP contribution in [0.15, 0.2) is 0 Å². The predicted molar refractivity (Wildman–Crippen MR) is 59.4 cm³/mol. The molecule has 5 nitrogen and oxygen atoms in total. The number of nitrogens with zero attached hydrogens (tertiary/aromatic N) is 1. The van der Waals surface area contributed by atoms with Crippen LogP contribution in [0, 0.1) is 0 Å². The molecule has 0 aromatic heterocycles. The maximum absolute atomic E-state index is 12.1. The van der Waals surface area contributed by atoms with Crippen molar-refractivity contribution in [1.29, 1.82) is 0 Å². The van der Waals surface area contributed by atoms with Crippen LogP contribution < -0.4 is 0 Å². The topological polar surface area (TPSA) is 59.0 Å². The van der Waals surface area contributed by atoms with E-state index in [9.17, 15) is 4.57 Å². The summed E-state index contributed by atoms with van der Waals surface area (Å²) in [5.41, 5.74) is 0. The zero-order valence-electron chi connectivity index (χ0n) is 9.81. The van der Waals surface area contributed by atoms with E-state index in [2.05, 4.69) is 0 Å². The molecule has 0 heterocycles. The second kappa shape index (κ2) is 8.25. The monoisotopic (exact) mass is 239 g/mol. The van der Waals surface area contributed by atoms with Crippen molar-refractivity contribution in [3.63, 3.8) is 0 Å². The van der Waals surface area contributed by atoms with Crippen molar-refractivity contribution < 1.29 is 18.8 Å². The highest BCUT2D eigenvalue weighted by Crippen LogP contribution is 2.47. The molecule has 1 N–H and O–H groups in total. The first-order chi connectivity index (χ1) is 7.04. The summed E-state index contributed by atoms with van der Waals surface area (Å²) in [4.78, 5) is 0. The van der Waals surface area contributed by atoms with Gasteiger partial charge in [0.05, 0.1) is 19.4 Å². The Hall–Kier alpha value is 0.0700. The second-order valence-corrected chi connectivity index (χ2v) is 5.57. The van der Waals surface area contributed by atoms with Gasteiger partial charge in [0.15, 0.2) is 0 Å². The average molecular weight is 239 g/mol. The van der Waals surface area contributed by atoms with E-state index in [1.54, 1.807) is 0 Å². The van der Waals surface area contributed by atoms with Gasteiger partial charge in [-0.25, -0.2) is 0 Å². The van der Waals surface area contributed by atoms with Crippen LogP contribution >= 0.6 is 7.60 Å². The van der Waals surface area contributed by atoms with E-state index < -0.39 is 7.60 Å². The first-order valence-electron chi connectivity index (χ1n) is 5.32. The van der Waals surface area contributed by atoms with Crippen LogP contribution in [0.5, 0.6) is 0 Å². The fraction of sp³-hybridized carbons (Fsp3) is 1.00. The fourth-order valence-electron chi connectivity index (χ4n) is 0.894. The van der Waals surface area contributed by atoms with Crippen molar-refractivity contribution in [3.05, 3.63) is 0 Å². The lowest BCUT2D eigenvalue weighted by Crippen LogP contribution is -2.19. The molecule has 0 saturated carbocycles. The van der Waals surface area contributed by atoms with Gasteiger partial charge in [-0.15, -0.1) is 0 Å². The summed E-state index contributed by atoms with van der Waals surface area (Å²) >= 11 is 0. The molecule has 0 aliphatic heterocycles. The summed E-state index contributed by atoms with van der Waals surface area (Å²) in [6.07, 6.45) is 1.82. The molecule has 0 aliphatic carbocycles. The Morgan fingerprint density at radius 3 is 2.00 bits per heavy atom. The number of hydrogen-bond acceptors (Lipinski definition) is 5. The molecular weight excluding hydrogens is 217 g/mol. The molecule has 6 heteroatoms. The van der Waals surface area contributed by atoms with Crippen LogP contribution in [0.3, 0.4) is 0 Å². The Bertz CT molecular complexity index is 187. The molecule has 0 radical (unpaired) electrons. The van der Waals surface area contributed by atoms with Crippen molar-refractivity contribution in [2.45, 2.75) is 26.7 Å². The molecule has 0 atom stereocenters. The summed E-state index contributed by atoms with van der Waals surface area (Å²) in [5.74, 6) is 0. The standard InChI is InChI=1S/C9H22NO4P/c1-4-7-13-15(12,14-8-5-2)9-6-10(3)11/h11H,4-9H2,1-3H3. The summed E-state index contributed by atoms with van der Waals surface area (Å²) in [7, 11) is -1.50. The summed E-state index contributed by atoms with van der Waals surface area (Å²) in [5, 5.41) is 9.95. The molecule has 0 unspecified atom stereocenters. The van der Waals surface area contributed by atoms with E-state index in [1.807, 2.05) is 13.8 Å². The van der Waals surface area contributed by atoms with Gasteiger partial charge in [0.25, 0.3) is 0 Å². The van der Waals surface area contributed by atoms with E-state index in [4.69, 9.17) is 14.3 Å². The zero-order valence-corrected chi connectivity index (χ0v) is 10.7. The van der Waals surface area contributed by atoms with Gasteiger partial charge in [0.1, 0.15) is 0 Å². The Kier molecular flexibility index (Phi) is 8.29. The Balaban J connectivity index is 4.08. The predicted octanol–water partition coefficient (Wildman–Crippen LogP) is 2.35. The number of hydrogen-bond donors (Lipinski definition) is 1. The maximum atomic E-state index is 12.1. The molecule has 0 saturated heterocycles. The van der Waals surface area contributed by atoms with Crippen molar-refractivity contribution in [2.75, 3.05) is 33.0 Å². The van der Waals surface area contributed by atoms with E-state index in [0.717, 1.165) is 17.9 Å². The average Bonchev–Trinajstić information content (AvgIpc) is 2.21. The van der Waals surface area contributed by atoms with E-state index in [-0.39, 0.29) is 12.7 Å². The van der Waals surface area contributed by atoms with Gasteiger partial charge in [0.2, 0.25) is 0 Å². The van der Waals surface area contributed by atoms with Gasteiger partial charge in [-0.2, -0.15) is 5.06 Å². The smallest absolute Gasteiger partial charge is 0.314 e. The summed E-state index contributed by atoms with van der Waals surface area (Å²) in [6, 6.07) is 0. The van der Waals surface area contributed by atoms with Crippen molar-refractivity contribution in [2.24, 2.45) is 0 Å². The third-order valence-electron chi connectivity index (χ3n) is 1.68. The molecule has 0 bridgehead atoms. The Labute approximate surface area is 91.9 Å². The molecule has 92 valence electrons. The van der Waals surface area contributed by atoms with Gasteiger partial charge in [-0.05, 0) is 12.8 Å². The van der Waals surface area contributed by atoms with Crippen molar-refractivity contribution in [3.8, 4) is 0 Å². The summed E-state index contributed by atoms with van der Waals surface area (Å²) < 4.78 is 22.5. The normalized spacial score (nSPS) is 12.3. The van der Waals surface area contributed by atoms with Crippen molar-refractivity contribution in [1.82, 2.24) is 5.06 Å². The fourth-order valence-corrected chi connectivity index (χ4v) is 2.68. The molecule has 0 fully saturated rings. The number of hydroxylamine groups is 2. The number of rotatable bonds is 9. The van der Waals surface area contributed by atoms with Crippen LogP contribution in [0.1, 0.15) is 26.7 Å². The molecule has 0 aromatic carbocycles. The highest BCUT2D eigenvalue weighted by atomic mass is 31.2. The van der Waals surface area contributed by atoms with Gasteiger partial charge in [0, 0.05) is 13.6 Å². The summed E-state index contributed by atoms with van der Waals surface area (Å²) in [6.45, 7) is 5.03. The second-order valence-electron chi connectivity index (χ2n) is 3.38. The van der Waals surface area contributed by atoms with Gasteiger partial charge in [-0.3, -0.25) is 4.57 Å². The SMILES string of the molecule is CCCOP(=O)(CCN(C)O)OCCC. The molecule has 0 amide bonds. The maximum Gasteiger partial charge on any atom is 0.332 e. The van der Waals surface area contributed by atoms with Gasteiger partial charge >= 0.3 is 7.60 Å². The van der Waals surface area contributed by atoms with E-state index in [1.165, 1.54) is 7.05 Å². The quantitative estimate of drug-likeness (QED) is 0.494. The minimum Gasteiger partial charge on any atom is -0.314 e. The first-order valence-corrected chi connectivity index (χ1v) is 7.05. The van der Waals surface area contributed by atoms with Crippen LogP contribution in [-0.2, 0) is 13.6 Å². The lowest BCUT2D eigenvalue weighted by atomic mass is 10.5. The van der Waals surface area contributed by atoms with Crippen LogP contribution in [-0.4, -0.2) is 43.2 Å².